The molecule has 0 heterocycles. The molecule has 0 amide bonds. The Balaban J connectivity index is 4.69. The first-order valence-corrected chi connectivity index (χ1v) is 25.1. The molecule has 0 rings (SSSR count). The molecular weight excluding hydrogens is 814 g/mol. The molecule has 0 saturated heterocycles. The summed E-state index contributed by atoms with van der Waals surface area (Å²) in [6.45, 7) is 1.55. The summed E-state index contributed by atoms with van der Waals surface area (Å²) >= 11 is 0. The normalized spacial score (nSPS) is 15.1. The molecule has 2 unspecified atom stereocenters. The maximum Gasteiger partial charge on any atom is 0.472 e. The van der Waals surface area contributed by atoms with Crippen LogP contribution in [-0.2, 0) is 41.8 Å². The lowest BCUT2D eigenvalue weighted by Crippen LogP contribution is -2.30. The lowest BCUT2D eigenvalue weighted by atomic mass is 10.1. The van der Waals surface area contributed by atoms with Crippen LogP contribution in [0.3, 0.4) is 0 Å². The zero-order valence-corrected chi connectivity index (χ0v) is 38.2. The zero-order valence-electron chi connectivity index (χ0n) is 36.4. The molecule has 0 aromatic heterocycles. The molecule has 0 aliphatic heterocycles. The maximum absolute atomic E-state index is 12.7. The van der Waals surface area contributed by atoms with Gasteiger partial charge in [-0.1, -0.05) is 139 Å². The molecular formula is C44H78O14P2. The van der Waals surface area contributed by atoms with Crippen LogP contribution < -0.4 is 0 Å². The molecule has 0 aromatic rings. The van der Waals surface area contributed by atoms with Crippen molar-refractivity contribution in [1.29, 1.82) is 0 Å². The van der Waals surface area contributed by atoms with Gasteiger partial charge in [0.2, 0.25) is 0 Å². The maximum atomic E-state index is 12.7. The number of carbonyl (C=O) groups excluding carboxylic acids is 2. The van der Waals surface area contributed by atoms with Gasteiger partial charge in [0.25, 0.3) is 0 Å². The third-order valence-corrected chi connectivity index (χ3v) is 10.4. The predicted molar refractivity (Wildman–Crippen MR) is 236 cm³/mol. The van der Waals surface area contributed by atoms with E-state index in [2.05, 4.69) is 47.2 Å². The number of aliphatic hydroxyl groups excluding tert-OH is 2. The largest absolute Gasteiger partial charge is 0.472 e. The first-order valence-electron chi connectivity index (χ1n) is 22.1. The van der Waals surface area contributed by atoms with Gasteiger partial charge < -0.3 is 34.4 Å². The van der Waals surface area contributed by atoms with Crippen molar-refractivity contribution in [3.8, 4) is 0 Å². The summed E-state index contributed by atoms with van der Waals surface area (Å²) in [6, 6.07) is 0. The first-order chi connectivity index (χ1) is 28.8. The van der Waals surface area contributed by atoms with E-state index in [-0.39, 0.29) is 12.8 Å². The number of rotatable bonds is 41. The molecule has 0 spiro atoms. The van der Waals surface area contributed by atoms with E-state index in [1.165, 1.54) is 51.4 Å². The molecule has 0 saturated carbocycles. The van der Waals surface area contributed by atoms with Crippen molar-refractivity contribution in [1.82, 2.24) is 0 Å². The minimum absolute atomic E-state index is 0.0576. The standard InChI is InChI=1S/C44H78O14P2/c1-3-5-7-9-11-13-14-15-16-17-18-20-22-26-31-35-44(48)58-42(39-57-60(52,53)56-37-41(46)36-55-59(49,50)51)38-54-43(47)34-30-27-23-25-29-33-40(45)32-28-24-21-19-12-10-8-6-4-2/h12-14,19,23-25,28-29,33,40-42,45-46H,3-11,15-18,20-22,26-27,30-32,34-39H2,1-2H3,(H,52,53)(H2,49,50,51)/b14-13-,19-12-,25-23+,28-24-,33-29-/t40?,41-,42+/m0/s1. The molecule has 0 bridgehead atoms. The number of allylic oxidation sites excluding steroid dienone is 8. The van der Waals surface area contributed by atoms with Crippen molar-refractivity contribution in [3.05, 3.63) is 60.8 Å². The van der Waals surface area contributed by atoms with E-state index in [9.17, 15) is 33.8 Å². The van der Waals surface area contributed by atoms with Crippen LogP contribution in [0, 0.1) is 0 Å². The summed E-state index contributed by atoms with van der Waals surface area (Å²) < 4.78 is 47.7. The Hall–Kier alpha value is -2.22. The molecule has 4 atom stereocenters. The van der Waals surface area contributed by atoms with Gasteiger partial charge in [-0.2, -0.15) is 0 Å². The first kappa shape index (κ1) is 57.8. The van der Waals surface area contributed by atoms with E-state index in [0.29, 0.717) is 25.7 Å². The summed E-state index contributed by atoms with van der Waals surface area (Å²) in [5, 5.41) is 19.9. The number of phosphoric acid groups is 2. The Labute approximate surface area is 360 Å². The van der Waals surface area contributed by atoms with E-state index in [1.807, 2.05) is 18.2 Å². The Morgan fingerprint density at radius 3 is 1.73 bits per heavy atom. The van der Waals surface area contributed by atoms with Crippen LogP contribution in [0.5, 0.6) is 0 Å². The van der Waals surface area contributed by atoms with Crippen molar-refractivity contribution in [2.24, 2.45) is 0 Å². The van der Waals surface area contributed by atoms with E-state index < -0.39 is 72.3 Å². The predicted octanol–water partition coefficient (Wildman–Crippen LogP) is 10.2. The fraction of sp³-hybridized carbons (Fsp3) is 0.727. The summed E-state index contributed by atoms with van der Waals surface area (Å²) in [5.41, 5.74) is 0. The number of phosphoric ester groups is 2. The summed E-state index contributed by atoms with van der Waals surface area (Å²) in [6.07, 6.45) is 38.1. The molecule has 0 fully saturated rings. The van der Waals surface area contributed by atoms with Crippen molar-refractivity contribution in [3.63, 3.8) is 0 Å². The summed E-state index contributed by atoms with van der Waals surface area (Å²) in [5.74, 6) is -1.17. The lowest BCUT2D eigenvalue weighted by Gasteiger charge is -2.20. The summed E-state index contributed by atoms with van der Waals surface area (Å²) in [4.78, 5) is 52.7. The van der Waals surface area contributed by atoms with Gasteiger partial charge in [0, 0.05) is 12.8 Å². The third-order valence-electron chi connectivity index (χ3n) is 8.95. The number of ether oxygens (including phenoxy) is 2. The number of hydrogen-bond donors (Lipinski definition) is 5. The fourth-order valence-corrected chi connectivity index (χ4v) is 6.69. The topological polar surface area (TPSA) is 216 Å². The molecule has 348 valence electrons. The number of unbranched alkanes of at least 4 members (excludes halogenated alkanes) is 15. The number of hydrogen-bond acceptors (Lipinski definition) is 11. The van der Waals surface area contributed by atoms with Crippen molar-refractivity contribution in [2.45, 2.75) is 180 Å². The fourth-order valence-electron chi connectivity index (χ4n) is 5.53. The molecule has 0 aliphatic carbocycles. The molecule has 5 N–H and O–H groups in total. The molecule has 16 heteroatoms. The Bertz CT molecular complexity index is 1310. The van der Waals surface area contributed by atoms with Gasteiger partial charge in [-0.15, -0.1) is 0 Å². The van der Waals surface area contributed by atoms with Crippen LogP contribution in [-0.4, -0.2) is 81.6 Å². The molecule has 0 aromatic carbocycles. The monoisotopic (exact) mass is 892 g/mol. The van der Waals surface area contributed by atoms with Crippen molar-refractivity contribution >= 4 is 27.6 Å². The minimum Gasteiger partial charge on any atom is -0.462 e. The molecule has 14 nitrogen and oxygen atoms in total. The average Bonchev–Trinajstić information content (AvgIpc) is 3.20. The van der Waals surface area contributed by atoms with Gasteiger partial charge in [-0.05, 0) is 70.6 Å². The van der Waals surface area contributed by atoms with Crippen LogP contribution in [0.4, 0.5) is 0 Å². The molecule has 60 heavy (non-hydrogen) atoms. The summed E-state index contributed by atoms with van der Waals surface area (Å²) in [7, 11) is -9.72. The second-order valence-electron chi connectivity index (χ2n) is 14.8. The average molecular weight is 893 g/mol. The van der Waals surface area contributed by atoms with Gasteiger partial charge in [0.05, 0.1) is 25.9 Å². The zero-order chi connectivity index (χ0) is 44.6. The minimum atomic E-state index is -4.88. The number of carbonyl (C=O) groups is 2. The molecule has 0 radical (unpaired) electrons. The highest BCUT2D eigenvalue weighted by Gasteiger charge is 2.28. The van der Waals surface area contributed by atoms with Gasteiger partial charge in [0.1, 0.15) is 12.7 Å². The lowest BCUT2D eigenvalue weighted by molar-refractivity contribution is -0.161. The van der Waals surface area contributed by atoms with E-state index in [4.69, 9.17) is 23.8 Å². The Morgan fingerprint density at radius 1 is 0.550 bits per heavy atom. The highest BCUT2D eigenvalue weighted by molar-refractivity contribution is 7.47. The second kappa shape index (κ2) is 39.6. The highest BCUT2D eigenvalue weighted by Crippen LogP contribution is 2.43. The van der Waals surface area contributed by atoms with E-state index in [1.54, 1.807) is 18.2 Å². The van der Waals surface area contributed by atoms with Crippen LogP contribution in [0.25, 0.3) is 0 Å². The second-order valence-corrected chi connectivity index (χ2v) is 17.5. The van der Waals surface area contributed by atoms with Gasteiger partial charge >= 0.3 is 27.6 Å². The van der Waals surface area contributed by atoms with Crippen LogP contribution >= 0.6 is 15.6 Å². The smallest absolute Gasteiger partial charge is 0.462 e. The highest BCUT2D eigenvalue weighted by atomic mass is 31.2. The van der Waals surface area contributed by atoms with Crippen LogP contribution in [0.2, 0.25) is 0 Å². The van der Waals surface area contributed by atoms with Crippen LogP contribution in [0.15, 0.2) is 60.8 Å². The quantitative estimate of drug-likeness (QED) is 0.0127. The Kier molecular flexibility index (Phi) is 38.1. The van der Waals surface area contributed by atoms with Crippen molar-refractivity contribution in [2.75, 3.05) is 26.4 Å². The van der Waals surface area contributed by atoms with Gasteiger partial charge in [0.15, 0.2) is 6.10 Å². The SMILES string of the molecule is CCCCC/C=C\C/C=C\CC(O)/C=C\C=C\CCCC(=O)OC[C@H](COP(=O)(O)OC[C@@H](O)COP(=O)(O)O)OC(=O)CCCCCCCCC/C=C\CCCCCC. The third kappa shape index (κ3) is 42.5. The van der Waals surface area contributed by atoms with Gasteiger partial charge in [-0.25, -0.2) is 9.13 Å². The van der Waals surface area contributed by atoms with Crippen LogP contribution in [0.1, 0.15) is 162 Å². The number of esters is 2. The molecule has 0 aliphatic rings. The van der Waals surface area contributed by atoms with E-state index in [0.717, 1.165) is 57.8 Å². The van der Waals surface area contributed by atoms with E-state index >= 15 is 0 Å². The van der Waals surface area contributed by atoms with Crippen molar-refractivity contribution < 1.29 is 66.7 Å². The Morgan fingerprint density at radius 2 is 1.07 bits per heavy atom. The van der Waals surface area contributed by atoms with Gasteiger partial charge in [-0.3, -0.25) is 23.2 Å². The number of aliphatic hydroxyl groups is 2.